The molecule has 1 unspecified atom stereocenters. The van der Waals surface area contributed by atoms with Gasteiger partial charge < -0.3 is 5.73 Å². The molecule has 0 saturated heterocycles. The zero-order valence-electron chi connectivity index (χ0n) is 9.95. The van der Waals surface area contributed by atoms with Crippen LogP contribution in [0.3, 0.4) is 0 Å². The van der Waals surface area contributed by atoms with Gasteiger partial charge in [0, 0.05) is 27.8 Å². The number of thioether (sulfide) groups is 1. The van der Waals surface area contributed by atoms with Crippen LogP contribution in [0.25, 0.3) is 0 Å². The van der Waals surface area contributed by atoms with Gasteiger partial charge in [-0.05, 0) is 23.8 Å². The van der Waals surface area contributed by atoms with Crippen LogP contribution in [0.4, 0.5) is 8.78 Å². The molecule has 5 heteroatoms. The van der Waals surface area contributed by atoms with Gasteiger partial charge in [0.25, 0.3) is 0 Å². The second-order valence-corrected chi connectivity index (χ2v) is 5.59. The summed E-state index contributed by atoms with van der Waals surface area (Å²) in [6, 6.07) is 10.8. The molecular formula is C14H12ClF2NS. The standard InChI is InChI=1S/C14H12ClF2NS/c15-11-4-2-1-3-10(11)14(8-18)19-13-6-5-9(16)7-12(13)17/h1-7,14H,8,18H2. The Kier molecular flexibility index (Phi) is 4.80. The van der Waals surface area contributed by atoms with Crippen molar-refractivity contribution in [1.29, 1.82) is 0 Å². The summed E-state index contributed by atoms with van der Waals surface area (Å²) in [6.07, 6.45) is 0. The lowest BCUT2D eigenvalue weighted by Crippen LogP contribution is -2.10. The van der Waals surface area contributed by atoms with E-state index in [0.29, 0.717) is 16.5 Å². The first kappa shape index (κ1) is 14.3. The van der Waals surface area contributed by atoms with Crippen molar-refractivity contribution in [1.82, 2.24) is 0 Å². The largest absolute Gasteiger partial charge is 0.329 e. The smallest absolute Gasteiger partial charge is 0.139 e. The van der Waals surface area contributed by atoms with Crippen molar-refractivity contribution >= 4 is 23.4 Å². The van der Waals surface area contributed by atoms with Crippen LogP contribution >= 0.6 is 23.4 Å². The first-order valence-corrected chi connectivity index (χ1v) is 6.93. The number of hydrogen-bond acceptors (Lipinski definition) is 2. The third kappa shape index (κ3) is 3.47. The van der Waals surface area contributed by atoms with Gasteiger partial charge in [0.15, 0.2) is 0 Å². The van der Waals surface area contributed by atoms with Crippen LogP contribution in [0.5, 0.6) is 0 Å². The lowest BCUT2D eigenvalue weighted by molar-refractivity contribution is 0.565. The minimum absolute atomic E-state index is 0.173. The quantitative estimate of drug-likeness (QED) is 0.846. The first-order chi connectivity index (χ1) is 9.11. The second kappa shape index (κ2) is 6.37. The summed E-state index contributed by atoms with van der Waals surface area (Å²) in [7, 11) is 0. The topological polar surface area (TPSA) is 26.0 Å². The van der Waals surface area contributed by atoms with Gasteiger partial charge in [0.2, 0.25) is 0 Å². The van der Waals surface area contributed by atoms with Crippen LogP contribution < -0.4 is 5.73 Å². The summed E-state index contributed by atoms with van der Waals surface area (Å²) in [4.78, 5) is 0.358. The maximum absolute atomic E-state index is 13.6. The fraction of sp³-hybridized carbons (Fsp3) is 0.143. The zero-order chi connectivity index (χ0) is 13.8. The summed E-state index contributed by atoms with van der Waals surface area (Å²) < 4.78 is 26.5. The van der Waals surface area contributed by atoms with Crippen molar-refractivity contribution < 1.29 is 8.78 Å². The Hall–Kier alpha value is -1.10. The van der Waals surface area contributed by atoms with Crippen molar-refractivity contribution in [3.05, 3.63) is 64.7 Å². The van der Waals surface area contributed by atoms with E-state index >= 15 is 0 Å². The minimum atomic E-state index is -0.594. The van der Waals surface area contributed by atoms with Crippen molar-refractivity contribution in [3.8, 4) is 0 Å². The van der Waals surface area contributed by atoms with Gasteiger partial charge in [-0.15, -0.1) is 11.8 Å². The molecule has 0 saturated carbocycles. The molecule has 2 aromatic rings. The summed E-state index contributed by atoms with van der Waals surface area (Å²) >= 11 is 7.35. The Labute approximate surface area is 119 Å². The highest BCUT2D eigenvalue weighted by molar-refractivity contribution is 7.99. The van der Waals surface area contributed by atoms with Crippen LogP contribution in [0.1, 0.15) is 10.8 Å². The molecule has 2 aromatic carbocycles. The van der Waals surface area contributed by atoms with Gasteiger partial charge in [-0.3, -0.25) is 0 Å². The Balaban J connectivity index is 2.27. The third-order valence-electron chi connectivity index (χ3n) is 2.63. The van der Waals surface area contributed by atoms with Crippen molar-refractivity contribution in [2.45, 2.75) is 10.1 Å². The summed E-state index contributed by atoms with van der Waals surface area (Å²) in [5, 5.41) is 0.418. The van der Waals surface area contributed by atoms with E-state index in [9.17, 15) is 8.78 Å². The fourth-order valence-corrected chi connectivity index (χ4v) is 3.08. The van der Waals surface area contributed by atoms with E-state index in [1.54, 1.807) is 6.07 Å². The Morgan fingerprint density at radius 2 is 1.89 bits per heavy atom. The van der Waals surface area contributed by atoms with E-state index in [1.807, 2.05) is 18.2 Å². The molecule has 0 amide bonds. The SMILES string of the molecule is NCC(Sc1ccc(F)cc1F)c1ccccc1Cl. The first-order valence-electron chi connectivity index (χ1n) is 5.68. The number of benzene rings is 2. The second-order valence-electron chi connectivity index (χ2n) is 3.94. The van der Waals surface area contributed by atoms with Crippen molar-refractivity contribution in [2.24, 2.45) is 5.73 Å². The van der Waals surface area contributed by atoms with Gasteiger partial charge in [0.05, 0.1) is 0 Å². The molecule has 1 atom stereocenters. The van der Waals surface area contributed by atoms with Crippen molar-refractivity contribution in [3.63, 3.8) is 0 Å². The lowest BCUT2D eigenvalue weighted by Gasteiger charge is -2.16. The molecule has 0 bridgehead atoms. The highest BCUT2D eigenvalue weighted by Gasteiger charge is 2.16. The van der Waals surface area contributed by atoms with Gasteiger partial charge >= 0.3 is 0 Å². The zero-order valence-corrected chi connectivity index (χ0v) is 11.5. The molecule has 0 radical (unpaired) electrons. The van der Waals surface area contributed by atoms with E-state index < -0.39 is 11.6 Å². The number of halogens is 3. The van der Waals surface area contributed by atoms with Crippen LogP contribution in [0, 0.1) is 11.6 Å². The van der Waals surface area contributed by atoms with Gasteiger partial charge in [0.1, 0.15) is 11.6 Å². The minimum Gasteiger partial charge on any atom is -0.329 e. The molecule has 0 spiro atoms. The molecular weight excluding hydrogens is 288 g/mol. The molecule has 0 aromatic heterocycles. The van der Waals surface area contributed by atoms with Crippen molar-refractivity contribution in [2.75, 3.05) is 6.54 Å². The van der Waals surface area contributed by atoms with Gasteiger partial charge in [-0.25, -0.2) is 8.78 Å². The lowest BCUT2D eigenvalue weighted by atomic mass is 10.1. The molecule has 0 heterocycles. The monoisotopic (exact) mass is 299 g/mol. The summed E-state index contributed by atoms with van der Waals surface area (Å²) in [5.74, 6) is -1.18. The number of hydrogen-bond donors (Lipinski definition) is 1. The van der Waals surface area contributed by atoms with Gasteiger partial charge in [-0.2, -0.15) is 0 Å². The molecule has 0 aliphatic carbocycles. The van der Waals surface area contributed by atoms with E-state index in [-0.39, 0.29) is 5.25 Å². The van der Waals surface area contributed by atoms with Crippen LogP contribution in [0.2, 0.25) is 5.02 Å². The van der Waals surface area contributed by atoms with E-state index in [4.69, 9.17) is 17.3 Å². The average molecular weight is 300 g/mol. The van der Waals surface area contributed by atoms with E-state index in [0.717, 1.165) is 11.6 Å². The fourth-order valence-electron chi connectivity index (χ4n) is 1.70. The van der Waals surface area contributed by atoms with Crippen LogP contribution in [-0.2, 0) is 0 Å². The molecule has 100 valence electrons. The molecule has 1 nitrogen and oxygen atoms in total. The molecule has 0 fully saturated rings. The predicted octanol–water partition coefficient (Wildman–Crippen LogP) is 4.41. The Bertz CT molecular complexity index is 577. The van der Waals surface area contributed by atoms with Crippen LogP contribution in [-0.4, -0.2) is 6.54 Å². The molecule has 0 aliphatic rings. The highest BCUT2D eigenvalue weighted by Crippen LogP contribution is 2.38. The Morgan fingerprint density at radius 1 is 1.16 bits per heavy atom. The molecule has 2 rings (SSSR count). The predicted molar refractivity (Wildman–Crippen MR) is 75.5 cm³/mol. The Morgan fingerprint density at radius 3 is 2.53 bits per heavy atom. The summed E-state index contributed by atoms with van der Waals surface area (Å²) in [6.45, 7) is 0.311. The van der Waals surface area contributed by atoms with Crippen LogP contribution in [0.15, 0.2) is 47.4 Å². The molecule has 2 N–H and O–H groups in total. The van der Waals surface area contributed by atoms with Gasteiger partial charge in [-0.1, -0.05) is 29.8 Å². The third-order valence-corrected chi connectivity index (χ3v) is 4.29. The number of nitrogens with two attached hydrogens (primary N) is 1. The molecule has 19 heavy (non-hydrogen) atoms. The van der Waals surface area contributed by atoms with E-state index in [1.165, 1.54) is 23.9 Å². The van der Waals surface area contributed by atoms with E-state index in [2.05, 4.69) is 0 Å². The molecule has 0 aliphatic heterocycles. The maximum Gasteiger partial charge on any atom is 0.139 e. The summed E-state index contributed by atoms with van der Waals surface area (Å²) in [5.41, 5.74) is 6.57. The highest BCUT2D eigenvalue weighted by atomic mass is 35.5. The maximum atomic E-state index is 13.6. The average Bonchev–Trinajstić information content (AvgIpc) is 2.39. The number of rotatable bonds is 4. The normalized spacial score (nSPS) is 12.4.